The SMILES string of the molecule is C=CCN1C(=O)c2ccc(C(=O)OCC(=O)C34CC5CC(CC(C5)C3)C4)cc2C1=O. The molecular weight excluding hydrogens is 382 g/mol. The molecule has 0 radical (unpaired) electrons. The molecule has 4 bridgehead atoms. The molecule has 0 saturated heterocycles. The van der Waals surface area contributed by atoms with Gasteiger partial charge in [-0.3, -0.25) is 19.3 Å². The Bertz CT molecular complexity index is 943. The Morgan fingerprint density at radius 3 is 2.23 bits per heavy atom. The summed E-state index contributed by atoms with van der Waals surface area (Å²) in [5.74, 6) is 0.498. The lowest BCUT2D eigenvalue weighted by Crippen LogP contribution is -2.51. The summed E-state index contributed by atoms with van der Waals surface area (Å²) in [6.07, 6.45) is 8.02. The lowest BCUT2D eigenvalue weighted by molar-refractivity contribution is -0.147. The molecule has 5 aliphatic rings. The van der Waals surface area contributed by atoms with E-state index in [4.69, 9.17) is 4.74 Å². The zero-order chi connectivity index (χ0) is 21.0. The van der Waals surface area contributed by atoms with E-state index >= 15 is 0 Å². The number of carbonyl (C=O) groups excluding carboxylic acids is 4. The average Bonchev–Trinajstić information content (AvgIpc) is 2.95. The maximum Gasteiger partial charge on any atom is 0.338 e. The molecule has 6 nitrogen and oxygen atoms in total. The Labute approximate surface area is 175 Å². The average molecular weight is 407 g/mol. The molecule has 0 unspecified atom stereocenters. The molecule has 1 aromatic rings. The summed E-state index contributed by atoms with van der Waals surface area (Å²) in [5.41, 5.74) is 0.320. The first-order valence-corrected chi connectivity index (χ1v) is 10.7. The van der Waals surface area contributed by atoms with Crippen LogP contribution in [0.3, 0.4) is 0 Å². The Kier molecular flexibility index (Phi) is 4.42. The molecule has 0 atom stereocenters. The Balaban J connectivity index is 1.27. The van der Waals surface area contributed by atoms with E-state index in [0.29, 0.717) is 17.8 Å². The predicted octanol–water partition coefficient (Wildman–Crippen LogP) is 3.41. The number of fused-ring (bicyclic) bond motifs is 1. The Morgan fingerprint density at radius 2 is 1.63 bits per heavy atom. The molecule has 156 valence electrons. The monoisotopic (exact) mass is 407 g/mol. The van der Waals surface area contributed by atoms with Crippen LogP contribution in [-0.2, 0) is 9.53 Å². The van der Waals surface area contributed by atoms with E-state index in [0.717, 1.165) is 24.2 Å². The third kappa shape index (κ3) is 2.92. The highest BCUT2D eigenvalue weighted by molar-refractivity contribution is 6.22. The number of ketones is 1. The molecule has 0 spiro atoms. The van der Waals surface area contributed by atoms with E-state index < -0.39 is 17.8 Å². The minimum absolute atomic E-state index is 0.0412. The maximum atomic E-state index is 13.0. The van der Waals surface area contributed by atoms with Crippen molar-refractivity contribution in [2.24, 2.45) is 23.2 Å². The number of carbonyl (C=O) groups is 4. The Hall–Kier alpha value is -2.76. The number of amides is 2. The van der Waals surface area contributed by atoms with Gasteiger partial charge in [-0.1, -0.05) is 6.08 Å². The molecule has 30 heavy (non-hydrogen) atoms. The summed E-state index contributed by atoms with van der Waals surface area (Å²) >= 11 is 0. The van der Waals surface area contributed by atoms with Gasteiger partial charge in [-0.05, 0) is 74.5 Å². The van der Waals surface area contributed by atoms with E-state index in [9.17, 15) is 19.2 Å². The van der Waals surface area contributed by atoms with Crippen LogP contribution in [-0.4, -0.2) is 41.6 Å². The molecule has 1 aliphatic heterocycles. The Morgan fingerprint density at radius 1 is 1.03 bits per heavy atom. The van der Waals surface area contributed by atoms with Crippen molar-refractivity contribution in [2.75, 3.05) is 13.2 Å². The van der Waals surface area contributed by atoms with Gasteiger partial charge in [0.15, 0.2) is 12.4 Å². The first-order chi connectivity index (χ1) is 14.4. The van der Waals surface area contributed by atoms with Gasteiger partial charge in [0.05, 0.1) is 16.7 Å². The summed E-state index contributed by atoms with van der Waals surface area (Å²) in [7, 11) is 0. The summed E-state index contributed by atoms with van der Waals surface area (Å²) in [6, 6.07) is 4.32. The van der Waals surface area contributed by atoms with Crippen LogP contribution in [0.5, 0.6) is 0 Å². The number of benzene rings is 1. The normalized spacial score (nSPS) is 31.1. The van der Waals surface area contributed by atoms with Gasteiger partial charge in [0, 0.05) is 12.0 Å². The minimum Gasteiger partial charge on any atom is -0.454 e. The highest BCUT2D eigenvalue weighted by Gasteiger charge is 2.54. The van der Waals surface area contributed by atoms with Gasteiger partial charge in [0.2, 0.25) is 0 Å². The largest absolute Gasteiger partial charge is 0.454 e. The quantitative estimate of drug-likeness (QED) is 0.410. The second kappa shape index (κ2) is 6.89. The zero-order valence-electron chi connectivity index (χ0n) is 16.9. The fourth-order valence-corrected chi connectivity index (χ4v) is 6.53. The lowest BCUT2D eigenvalue weighted by Gasteiger charge is -2.55. The van der Waals surface area contributed by atoms with Crippen LogP contribution in [0.25, 0.3) is 0 Å². The van der Waals surface area contributed by atoms with Crippen molar-refractivity contribution in [2.45, 2.75) is 38.5 Å². The summed E-state index contributed by atoms with van der Waals surface area (Å²) in [4.78, 5) is 51.4. The van der Waals surface area contributed by atoms with Gasteiger partial charge >= 0.3 is 5.97 Å². The maximum absolute atomic E-state index is 13.0. The van der Waals surface area contributed by atoms with Crippen LogP contribution in [0.1, 0.15) is 69.6 Å². The van der Waals surface area contributed by atoms with Gasteiger partial charge in [0.25, 0.3) is 11.8 Å². The van der Waals surface area contributed by atoms with Crippen molar-refractivity contribution in [3.63, 3.8) is 0 Å². The number of ether oxygens (including phenoxy) is 1. The molecule has 1 aromatic carbocycles. The molecule has 6 heteroatoms. The molecular formula is C24H25NO5. The number of imide groups is 1. The van der Waals surface area contributed by atoms with Crippen molar-refractivity contribution in [3.05, 3.63) is 47.5 Å². The number of hydrogen-bond donors (Lipinski definition) is 0. The van der Waals surface area contributed by atoms with Crippen molar-refractivity contribution < 1.29 is 23.9 Å². The molecule has 2 amide bonds. The molecule has 4 fully saturated rings. The number of Topliss-reactive ketones (excluding diaryl/α,β-unsaturated/α-hetero) is 1. The van der Waals surface area contributed by atoms with Crippen molar-refractivity contribution >= 4 is 23.6 Å². The lowest BCUT2D eigenvalue weighted by atomic mass is 9.48. The fourth-order valence-electron chi connectivity index (χ4n) is 6.53. The van der Waals surface area contributed by atoms with Crippen LogP contribution in [0.15, 0.2) is 30.9 Å². The summed E-state index contributed by atoms with van der Waals surface area (Å²) in [5, 5.41) is 0. The van der Waals surface area contributed by atoms with Gasteiger partial charge in [-0.25, -0.2) is 4.79 Å². The van der Waals surface area contributed by atoms with Gasteiger partial charge < -0.3 is 4.74 Å². The van der Waals surface area contributed by atoms with Crippen molar-refractivity contribution in [1.82, 2.24) is 4.90 Å². The number of hydrogen-bond acceptors (Lipinski definition) is 5. The second-order valence-corrected chi connectivity index (χ2v) is 9.47. The second-order valence-electron chi connectivity index (χ2n) is 9.47. The first kappa shape index (κ1) is 19.2. The molecule has 6 rings (SSSR count). The van der Waals surface area contributed by atoms with E-state index in [1.807, 2.05) is 0 Å². The van der Waals surface area contributed by atoms with Crippen molar-refractivity contribution in [1.29, 1.82) is 0 Å². The predicted molar refractivity (Wildman–Crippen MR) is 108 cm³/mol. The third-order valence-electron chi connectivity index (χ3n) is 7.48. The standard InChI is InChI=1S/C24H25NO5/c1-2-5-25-21(27)18-4-3-17(9-19(18)22(25)28)23(29)30-13-20(26)24-10-14-6-15(11-24)8-16(7-14)12-24/h2-4,9,14-16H,1,5-8,10-13H2. The fraction of sp³-hybridized carbons (Fsp3) is 0.500. The summed E-state index contributed by atoms with van der Waals surface area (Å²) in [6.45, 7) is 3.45. The van der Waals surface area contributed by atoms with Gasteiger partial charge in [-0.15, -0.1) is 6.58 Å². The first-order valence-electron chi connectivity index (χ1n) is 10.7. The molecule has 4 saturated carbocycles. The van der Waals surface area contributed by atoms with E-state index in [2.05, 4.69) is 6.58 Å². The molecule has 1 heterocycles. The molecule has 4 aliphatic carbocycles. The highest BCUT2D eigenvalue weighted by Crippen LogP contribution is 2.60. The smallest absolute Gasteiger partial charge is 0.338 e. The van der Waals surface area contributed by atoms with Crippen LogP contribution in [0.4, 0.5) is 0 Å². The zero-order valence-corrected chi connectivity index (χ0v) is 16.9. The molecule has 0 N–H and O–H groups in total. The van der Waals surface area contributed by atoms with Crippen LogP contribution >= 0.6 is 0 Å². The van der Waals surface area contributed by atoms with E-state index in [-0.39, 0.29) is 41.0 Å². The van der Waals surface area contributed by atoms with Gasteiger partial charge in [-0.2, -0.15) is 0 Å². The van der Waals surface area contributed by atoms with Crippen LogP contribution < -0.4 is 0 Å². The van der Waals surface area contributed by atoms with Crippen LogP contribution in [0, 0.1) is 23.2 Å². The summed E-state index contributed by atoms with van der Waals surface area (Å²) < 4.78 is 5.36. The number of nitrogens with zero attached hydrogens (tertiary/aromatic N) is 1. The highest BCUT2D eigenvalue weighted by atomic mass is 16.5. The van der Waals surface area contributed by atoms with Crippen molar-refractivity contribution in [3.8, 4) is 0 Å². The van der Waals surface area contributed by atoms with E-state index in [1.54, 1.807) is 0 Å². The topological polar surface area (TPSA) is 80.8 Å². The number of esters is 1. The molecule has 0 aromatic heterocycles. The van der Waals surface area contributed by atoms with E-state index in [1.165, 1.54) is 43.5 Å². The third-order valence-corrected chi connectivity index (χ3v) is 7.48. The van der Waals surface area contributed by atoms with Gasteiger partial charge in [0.1, 0.15) is 0 Å². The minimum atomic E-state index is -0.640. The van der Waals surface area contributed by atoms with Crippen LogP contribution in [0.2, 0.25) is 0 Å². The number of rotatable bonds is 6.